The van der Waals surface area contributed by atoms with Crippen LogP contribution in [0.4, 0.5) is 0 Å². The maximum absolute atomic E-state index is 10.5. The van der Waals surface area contributed by atoms with Crippen molar-refractivity contribution in [3.8, 4) is 5.75 Å². The van der Waals surface area contributed by atoms with Crippen molar-refractivity contribution in [3.63, 3.8) is 0 Å². The molecular formula is C13H14O3. The van der Waals surface area contributed by atoms with Gasteiger partial charge in [0.05, 0.1) is 5.57 Å². The molecule has 0 aliphatic carbocycles. The molecule has 0 atom stereocenters. The van der Waals surface area contributed by atoms with Gasteiger partial charge in [0.1, 0.15) is 12.4 Å². The summed E-state index contributed by atoms with van der Waals surface area (Å²) >= 11 is 0. The lowest BCUT2D eigenvalue weighted by Gasteiger charge is -2.08. The van der Waals surface area contributed by atoms with E-state index in [9.17, 15) is 4.79 Å². The lowest BCUT2D eigenvalue weighted by molar-refractivity contribution is -0.133. The zero-order valence-electron chi connectivity index (χ0n) is 9.14. The van der Waals surface area contributed by atoms with E-state index >= 15 is 0 Å². The Hall–Kier alpha value is -2.03. The summed E-state index contributed by atoms with van der Waals surface area (Å²) in [4.78, 5) is 10.5. The summed E-state index contributed by atoms with van der Waals surface area (Å²) < 4.78 is 5.38. The minimum atomic E-state index is -1.04. The van der Waals surface area contributed by atoms with Crippen LogP contribution in [-0.4, -0.2) is 17.7 Å². The SMILES string of the molecule is C=C(COc1ccccc1C=CC)C(=O)O. The first-order valence-corrected chi connectivity index (χ1v) is 4.90. The van der Waals surface area contributed by atoms with Crippen molar-refractivity contribution < 1.29 is 14.6 Å². The highest BCUT2D eigenvalue weighted by Gasteiger charge is 2.06. The summed E-state index contributed by atoms with van der Waals surface area (Å²) in [7, 11) is 0. The Morgan fingerprint density at radius 3 is 2.81 bits per heavy atom. The number of hydrogen-bond donors (Lipinski definition) is 1. The summed E-state index contributed by atoms with van der Waals surface area (Å²) in [6.45, 7) is 5.30. The average molecular weight is 218 g/mol. The van der Waals surface area contributed by atoms with E-state index in [1.165, 1.54) is 0 Å². The van der Waals surface area contributed by atoms with Crippen molar-refractivity contribution in [2.24, 2.45) is 0 Å². The van der Waals surface area contributed by atoms with Gasteiger partial charge in [-0.05, 0) is 13.0 Å². The first-order chi connectivity index (χ1) is 7.65. The van der Waals surface area contributed by atoms with Gasteiger partial charge in [0.25, 0.3) is 0 Å². The second-order valence-corrected chi connectivity index (χ2v) is 3.24. The third-order valence-corrected chi connectivity index (χ3v) is 1.97. The van der Waals surface area contributed by atoms with Gasteiger partial charge >= 0.3 is 5.97 Å². The van der Waals surface area contributed by atoms with Gasteiger partial charge < -0.3 is 9.84 Å². The number of allylic oxidation sites excluding steroid dienone is 1. The monoisotopic (exact) mass is 218 g/mol. The molecule has 0 aliphatic heterocycles. The van der Waals surface area contributed by atoms with Crippen LogP contribution in [-0.2, 0) is 4.79 Å². The fraction of sp³-hybridized carbons (Fsp3) is 0.154. The Bertz CT molecular complexity index is 419. The molecule has 0 saturated heterocycles. The van der Waals surface area contributed by atoms with E-state index in [1.807, 2.05) is 37.3 Å². The van der Waals surface area contributed by atoms with E-state index in [2.05, 4.69) is 6.58 Å². The van der Waals surface area contributed by atoms with E-state index in [0.717, 1.165) is 5.56 Å². The zero-order valence-corrected chi connectivity index (χ0v) is 9.14. The summed E-state index contributed by atoms with van der Waals surface area (Å²) in [6.07, 6.45) is 3.80. The smallest absolute Gasteiger partial charge is 0.334 e. The van der Waals surface area contributed by atoms with Crippen molar-refractivity contribution >= 4 is 12.0 Å². The minimum Gasteiger partial charge on any atom is -0.488 e. The molecule has 3 heteroatoms. The standard InChI is InChI=1S/C13H14O3/c1-3-6-11-7-4-5-8-12(11)16-9-10(2)13(14)15/h3-8H,2,9H2,1H3,(H,14,15). The van der Waals surface area contributed by atoms with Crippen molar-refractivity contribution in [1.29, 1.82) is 0 Å². The number of rotatable bonds is 5. The molecule has 1 aromatic rings. The quantitative estimate of drug-likeness (QED) is 0.773. The van der Waals surface area contributed by atoms with Crippen LogP contribution in [0.5, 0.6) is 5.75 Å². The molecule has 3 nitrogen and oxygen atoms in total. The molecule has 0 radical (unpaired) electrons. The number of hydrogen-bond acceptors (Lipinski definition) is 2. The maximum atomic E-state index is 10.5. The largest absolute Gasteiger partial charge is 0.488 e. The van der Waals surface area contributed by atoms with E-state index in [0.29, 0.717) is 5.75 Å². The van der Waals surface area contributed by atoms with Crippen LogP contribution in [0.1, 0.15) is 12.5 Å². The number of carboxylic acid groups (broad SMARTS) is 1. The van der Waals surface area contributed by atoms with Gasteiger partial charge in [-0.15, -0.1) is 0 Å². The molecule has 0 spiro atoms. The topological polar surface area (TPSA) is 46.5 Å². The molecule has 0 amide bonds. The number of carbonyl (C=O) groups is 1. The maximum Gasteiger partial charge on any atom is 0.334 e. The lowest BCUT2D eigenvalue weighted by Crippen LogP contribution is -2.09. The number of aliphatic carboxylic acids is 1. The number of ether oxygens (including phenoxy) is 1. The highest BCUT2D eigenvalue weighted by Crippen LogP contribution is 2.19. The lowest BCUT2D eigenvalue weighted by atomic mass is 10.2. The van der Waals surface area contributed by atoms with Crippen molar-refractivity contribution in [2.75, 3.05) is 6.61 Å². The fourth-order valence-electron chi connectivity index (χ4n) is 1.16. The molecule has 0 bridgehead atoms. The summed E-state index contributed by atoms with van der Waals surface area (Å²) in [5, 5.41) is 8.64. The molecule has 0 unspecified atom stereocenters. The summed E-state index contributed by atoms with van der Waals surface area (Å²) in [6, 6.07) is 7.43. The molecular weight excluding hydrogens is 204 g/mol. The number of para-hydroxylation sites is 1. The molecule has 1 rings (SSSR count). The Balaban J connectivity index is 2.73. The Kier molecular flexibility index (Phi) is 4.33. The highest BCUT2D eigenvalue weighted by molar-refractivity contribution is 5.86. The van der Waals surface area contributed by atoms with Crippen LogP contribution < -0.4 is 4.74 Å². The second-order valence-electron chi connectivity index (χ2n) is 3.24. The molecule has 1 aromatic carbocycles. The third-order valence-electron chi connectivity index (χ3n) is 1.97. The molecule has 0 aliphatic rings. The van der Waals surface area contributed by atoms with Gasteiger partial charge in [0.2, 0.25) is 0 Å². The van der Waals surface area contributed by atoms with Gasteiger partial charge in [-0.2, -0.15) is 0 Å². The van der Waals surface area contributed by atoms with Crippen molar-refractivity contribution in [1.82, 2.24) is 0 Å². The molecule has 0 fully saturated rings. The first-order valence-electron chi connectivity index (χ1n) is 4.90. The molecule has 16 heavy (non-hydrogen) atoms. The molecule has 1 N–H and O–H groups in total. The predicted octanol–water partition coefficient (Wildman–Crippen LogP) is 2.74. The summed E-state index contributed by atoms with van der Waals surface area (Å²) in [5.74, 6) is -0.383. The van der Waals surface area contributed by atoms with E-state index in [1.54, 1.807) is 6.07 Å². The van der Waals surface area contributed by atoms with Crippen LogP contribution in [0.3, 0.4) is 0 Å². The normalized spacial score (nSPS) is 10.3. The Labute approximate surface area is 94.7 Å². The molecule has 0 heterocycles. The van der Waals surface area contributed by atoms with Gasteiger partial charge in [-0.3, -0.25) is 0 Å². The van der Waals surface area contributed by atoms with E-state index in [4.69, 9.17) is 9.84 Å². The van der Waals surface area contributed by atoms with Crippen LogP contribution in [0.25, 0.3) is 6.08 Å². The fourth-order valence-corrected chi connectivity index (χ4v) is 1.16. The molecule has 0 aromatic heterocycles. The number of carboxylic acids is 1. The van der Waals surface area contributed by atoms with Crippen LogP contribution >= 0.6 is 0 Å². The van der Waals surface area contributed by atoms with E-state index < -0.39 is 5.97 Å². The third kappa shape index (κ3) is 3.28. The van der Waals surface area contributed by atoms with Gasteiger partial charge in [-0.1, -0.05) is 36.9 Å². The van der Waals surface area contributed by atoms with Crippen LogP contribution in [0, 0.1) is 0 Å². The predicted molar refractivity (Wildman–Crippen MR) is 63.4 cm³/mol. The van der Waals surface area contributed by atoms with Gasteiger partial charge in [-0.25, -0.2) is 4.79 Å². The Morgan fingerprint density at radius 1 is 1.50 bits per heavy atom. The minimum absolute atomic E-state index is 0.0100. The Morgan fingerprint density at radius 2 is 2.19 bits per heavy atom. The van der Waals surface area contributed by atoms with Gasteiger partial charge in [0.15, 0.2) is 0 Å². The second kappa shape index (κ2) is 5.75. The zero-order chi connectivity index (χ0) is 12.0. The van der Waals surface area contributed by atoms with Crippen molar-refractivity contribution in [2.45, 2.75) is 6.92 Å². The van der Waals surface area contributed by atoms with E-state index in [-0.39, 0.29) is 12.2 Å². The summed E-state index contributed by atoms with van der Waals surface area (Å²) in [5.41, 5.74) is 0.957. The van der Waals surface area contributed by atoms with Crippen LogP contribution in [0.15, 0.2) is 42.5 Å². The number of benzene rings is 1. The van der Waals surface area contributed by atoms with Crippen LogP contribution in [0.2, 0.25) is 0 Å². The first kappa shape index (κ1) is 12.0. The van der Waals surface area contributed by atoms with Gasteiger partial charge in [0, 0.05) is 5.56 Å². The molecule has 84 valence electrons. The molecule has 0 saturated carbocycles. The van der Waals surface area contributed by atoms with Crippen molar-refractivity contribution in [3.05, 3.63) is 48.1 Å². The average Bonchev–Trinajstić information content (AvgIpc) is 2.27. The highest BCUT2D eigenvalue weighted by atomic mass is 16.5.